The Labute approximate surface area is 164 Å². The van der Waals surface area contributed by atoms with Gasteiger partial charge in [0.25, 0.3) is 11.1 Å². The van der Waals surface area contributed by atoms with Crippen molar-refractivity contribution in [3.05, 3.63) is 51.3 Å². The normalized spacial score (nSPS) is 11.5. The molecule has 28 heavy (non-hydrogen) atoms. The molecule has 0 atom stereocenters. The van der Waals surface area contributed by atoms with Gasteiger partial charge in [0.2, 0.25) is 11.1 Å². The predicted molar refractivity (Wildman–Crippen MR) is 110 cm³/mol. The first kappa shape index (κ1) is 18.4. The first-order valence-electron chi connectivity index (χ1n) is 9.23. The van der Waals surface area contributed by atoms with Crippen molar-refractivity contribution in [3.63, 3.8) is 0 Å². The van der Waals surface area contributed by atoms with E-state index >= 15 is 0 Å². The largest absolute Gasteiger partial charge is 0.315 e. The topological polar surface area (TPSA) is 98.5 Å². The number of aromatic nitrogens is 6. The molecule has 0 aliphatic rings. The van der Waals surface area contributed by atoms with Crippen LogP contribution in [0.2, 0.25) is 0 Å². The van der Waals surface area contributed by atoms with E-state index in [1.54, 1.807) is 29.1 Å². The van der Waals surface area contributed by atoms with Crippen molar-refractivity contribution >= 4 is 33.6 Å². The van der Waals surface area contributed by atoms with Crippen LogP contribution < -0.4 is 11.1 Å². The van der Waals surface area contributed by atoms with Gasteiger partial charge in [0.15, 0.2) is 0 Å². The molecule has 0 aromatic carbocycles. The highest BCUT2D eigenvalue weighted by Gasteiger charge is 2.12. The minimum atomic E-state index is -0.292. The fraction of sp³-hybridized carbons (Fsp3) is 0.316. The molecular formula is C19H20N6O2S. The van der Waals surface area contributed by atoms with Crippen LogP contribution in [0.15, 0.2) is 45.3 Å². The van der Waals surface area contributed by atoms with Gasteiger partial charge < -0.3 is 4.57 Å². The van der Waals surface area contributed by atoms with Gasteiger partial charge in [0.1, 0.15) is 0 Å². The number of fused-ring (bicyclic) bond motifs is 2. The van der Waals surface area contributed by atoms with E-state index in [-0.39, 0.29) is 11.1 Å². The molecule has 0 fully saturated rings. The summed E-state index contributed by atoms with van der Waals surface area (Å²) >= 11 is 1.49. The molecule has 0 radical (unpaired) electrons. The lowest BCUT2D eigenvalue weighted by atomic mass is 10.2. The Hall–Kier alpha value is -2.94. The van der Waals surface area contributed by atoms with E-state index < -0.39 is 0 Å². The number of hydrogen-bond donors (Lipinski definition) is 1. The number of H-pyrrole nitrogens is 1. The summed E-state index contributed by atoms with van der Waals surface area (Å²) in [6, 6.07) is 5.20. The third-order valence-electron chi connectivity index (χ3n) is 4.52. The Kier molecular flexibility index (Phi) is 4.99. The lowest BCUT2D eigenvalue weighted by Crippen LogP contribution is -2.22. The van der Waals surface area contributed by atoms with E-state index in [2.05, 4.69) is 27.1 Å². The van der Waals surface area contributed by atoms with Crippen molar-refractivity contribution in [1.82, 2.24) is 29.3 Å². The molecule has 4 rings (SSSR count). The van der Waals surface area contributed by atoms with Gasteiger partial charge in [-0.1, -0.05) is 32.0 Å². The fourth-order valence-electron chi connectivity index (χ4n) is 3.08. The number of aryl methyl sites for hydroxylation is 1. The summed E-state index contributed by atoms with van der Waals surface area (Å²) < 4.78 is 3.06. The van der Waals surface area contributed by atoms with Crippen molar-refractivity contribution in [3.8, 4) is 5.95 Å². The lowest BCUT2D eigenvalue weighted by Gasteiger charge is -2.08. The van der Waals surface area contributed by atoms with Crippen molar-refractivity contribution in [2.24, 2.45) is 0 Å². The number of thioether (sulfide) groups is 1. The molecule has 0 aliphatic carbocycles. The molecule has 0 saturated heterocycles. The SMILES string of the molecule is CCCCn1ccc2nc3ccn(-c4nc(SCC)n[nH]4)c(=O)c3cc2c1=O. The third kappa shape index (κ3) is 3.22. The number of nitrogens with zero attached hydrogens (tertiary/aromatic N) is 5. The minimum absolute atomic E-state index is 0.128. The Morgan fingerprint density at radius 2 is 1.79 bits per heavy atom. The molecule has 0 aliphatic heterocycles. The molecule has 4 heterocycles. The van der Waals surface area contributed by atoms with Crippen molar-refractivity contribution in [1.29, 1.82) is 0 Å². The van der Waals surface area contributed by atoms with Gasteiger partial charge in [0, 0.05) is 18.9 Å². The van der Waals surface area contributed by atoms with Gasteiger partial charge in [-0.15, -0.1) is 5.10 Å². The molecular weight excluding hydrogens is 376 g/mol. The molecule has 0 spiro atoms. The standard InChI is InChI=1S/C19H20N6O2S/c1-3-5-8-24-9-6-14-12(16(24)26)11-13-15(20-14)7-10-25(17(13)27)18-21-19(23-22-18)28-4-2/h6-7,9-11H,3-5,8H2,1-2H3,(H,21,22,23). The predicted octanol–water partition coefficient (Wildman–Crippen LogP) is 2.73. The zero-order valence-corrected chi connectivity index (χ0v) is 16.5. The second-order valence-electron chi connectivity index (χ2n) is 6.39. The van der Waals surface area contributed by atoms with Gasteiger partial charge in [0.05, 0.1) is 21.8 Å². The fourth-order valence-corrected chi connectivity index (χ4v) is 3.60. The monoisotopic (exact) mass is 396 g/mol. The molecule has 0 saturated carbocycles. The highest BCUT2D eigenvalue weighted by Crippen LogP contribution is 2.16. The van der Waals surface area contributed by atoms with Crippen LogP contribution in [-0.4, -0.2) is 35.1 Å². The highest BCUT2D eigenvalue weighted by atomic mass is 32.2. The van der Waals surface area contributed by atoms with E-state index in [1.807, 2.05) is 13.0 Å². The Balaban J connectivity index is 1.88. The number of unbranched alkanes of at least 4 members (excludes halogenated alkanes) is 1. The Morgan fingerprint density at radius 1 is 1.04 bits per heavy atom. The first-order valence-corrected chi connectivity index (χ1v) is 10.2. The van der Waals surface area contributed by atoms with Gasteiger partial charge in [-0.25, -0.2) is 10.1 Å². The van der Waals surface area contributed by atoms with E-state index in [4.69, 9.17) is 0 Å². The number of aromatic amines is 1. The summed E-state index contributed by atoms with van der Waals surface area (Å²) in [5.74, 6) is 1.18. The maximum Gasteiger partial charge on any atom is 0.266 e. The minimum Gasteiger partial charge on any atom is -0.315 e. The first-order chi connectivity index (χ1) is 13.6. The third-order valence-corrected chi connectivity index (χ3v) is 5.25. The van der Waals surface area contributed by atoms with Crippen LogP contribution >= 0.6 is 11.8 Å². The summed E-state index contributed by atoms with van der Waals surface area (Å²) in [6.45, 7) is 4.74. The van der Waals surface area contributed by atoms with E-state index in [0.717, 1.165) is 18.6 Å². The molecule has 1 N–H and O–H groups in total. The average Bonchev–Trinajstić information content (AvgIpc) is 3.16. The lowest BCUT2D eigenvalue weighted by molar-refractivity contribution is 0.617. The molecule has 8 nitrogen and oxygen atoms in total. The average molecular weight is 396 g/mol. The number of hydrogen-bond acceptors (Lipinski definition) is 6. The van der Waals surface area contributed by atoms with Crippen LogP contribution in [-0.2, 0) is 6.54 Å². The smallest absolute Gasteiger partial charge is 0.266 e. The molecule has 4 aromatic heterocycles. The second kappa shape index (κ2) is 7.59. The molecule has 9 heteroatoms. The summed E-state index contributed by atoms with van der Waals surface area (Å²) in [5, 5.41) is 8.30. The maximum absolute atomic E-state index is 13.0. The van der Waals surface area contributed by atoms with Crippen LogP contribution in [0.1, 0.15) is 26.7 Å². The van der Waals surface area contributed by atoms with E-state index in [9.17, 15) is 9.59 Å². The second-order valence-corrected chi connectivity index (χ2v) is 7.62. The Bertz CT molecular complexity index is 1270. The van der Waals surface area contributed by atoms with Gasteiger partial charge >= 0.3 is 0 Å². The van der Waals surface area contributed by atoms with Crippen LogP contribution in [0.5, 0.6) is 0 Å². The zero-order chi connectivity index (χ0) is 19.7. The van der Waals surface area contributed by atoms with Crippen molar-refractivity contribution in [2.45, 2.75) is 38.4 Å². The van der Waals surface area contributed by atoms with Crippen molar-refractivity contribution < 1.29 is 0 Å². The van der Waals surface area contributed by atoms with Gasteiger partial charge in [-0.3, -0.25) is 14.2 Å². The number of pyridine rings is 3. The number of rotatable bonds is 6. The molecule has 0 unspecified atom stereocenters. The molecule has 0 amide bonds. The van der Waals surface area contributed by atoms with Gasteiger partial charge in [-0.05, 0) is 30.4 Å². The quantitative estimate of drug-likeness (QED) is 0.397. The molecule has 4 aromatic rings. The summed E-state index contributed by atoms with van der Waals surface area (Å²) in [6.07, 6.45) is 5.30. The van der Waals surface area contributed by atoms with Crippen molar-refractivity contribution in [2.75, 3.05) is 5.75 Å². The van der Waals surface area contributed by atoms with Crippen LogP contribution in [0.25, 0.3) is 27.8 Å². The van der Waals surface area contributed by atoms with E-state index in [1.165, 1.54) is 16.3 Å². The summed E-state index contributed by atoms with van der Waals surface area (Å²) in [5.41, 5.74) is 0.710. The highest BCUT2D eigenvalue weighted by molar-refractivity contribution is 7.99. The zero-order valence-electron chi connectivity index (χ0n) is 15.7. The molecule has 0 bridgehead atoms. The Morgan fingerprint density at radius 3 is 2.54 bits per heavy atom. The summed E-state index contributed by atoms with van der Waals surface area (Å²) in [4.78, 5) is 34.7. The summed E-state index contributed by atoms with van der Waals surface area (Å²) in [7, 11) is 0. The van der Waals surface area contributed by atoms with Crippen LogP contribution in [0.4, 0.5) is 0 Å². The van der Waals surface area contributed by atoms with Crippen LogP contribution in [0.3, 0.4) is 0 Å². The maximum atomic E-state index is 13.0. The van der Waals surface area contributed by atoms with Crippen LogP contribution in [0, 0.1) is 0 Å². The van der Waals surface area contributed by atoms with Gasteiger partial charge in [-0.2, -0.15) is 4.98 Å². The van der Waals surface area contributed by atoms with E-state index in [0.29, 0.717) is 39.5 Å². The molecule has 144 valence electrons. The number of nitrogens with one attached hydrogen (secondary N) is 1.